The number of imidazole rings is 1. The van der Waals surface area contributed by atoms with Crippen molar-refractivity contribution in [1.29, 1.82) is 0 Å². The molecule has 12 heteroatoms. The van der Waals surface area contributed by atoms with E-state index in [4.69, 9.17) is 31.3 Å². The van der Waals surface area contributed by atoms with E-state index in [1.165, 1.54) is 6.33 Å². The van der Waals surface area contributed by atoms with Crippen LogP contribution in [0.3, 0.4) is 0 Å². The van der Waals surface area contributed by atoms with Crippen molar-refractivity contribution >= 4 is 35.6 Å². The summed E-state index contributed by atoms with van der Waals surface area (Å²) in [6.07, 6.45) is 1.20. The molecule has 2 aromatic heterocycles. The Kier molecular flexibility index (Phi) is 6.18. The summed E-state index contributed by atoms with van der Waals surface area (Å²) in [5, 5.41) is 0. The molecule has 168 valence electrons. The molecule has 3 rings (SSSR count). The fraction of sp³-hybridized carbons (Fsp3) is 0.722. The van der Waals surface area contributed by atoms with E-state index in [-0.39, 0.29) is 23.0 Å². The predicted octanol–water partition coefficient (Wildman–Crippen LogP) is 2.84. The zero-order valence-corrected chi connectivity index (χ0v) is 19.8. The van der Waals surface area contributed by atoms with Crippen molar-refractivity contribution in [2.45, 2.75) is 78.4 Å². The third-order valence-electron chi connectivity index (χ3n) is 4.41. The van der Waals surface area contributed by atoms with Gasteiger partial charge < -0.3 is 24.4 Å². The van der Waals surface area contributed by atoms with Crippen molar-refractivity contribution in [3.63, 3.8) is 0 Å². The SMILES string of the molecule is CC(C)(C)C[C@H]1O[C@@H](n2cnc3c(=O)[nH]c(N)nc32)CC1OP(O)(=S)OC(C)(C)C. The molecule has 2 unspecified atom stereocenters. The molecule has 0 saturated carbocycles. The largest absolute Gasteiger partial charge is 0.369 e. The van der Waals surface area contributed by atoms with Gasteiger partial charge in [0.1, 0.15) is 6.23 Å². The normalized spacial score (nSPS) is 25.0. The van der Waals surface area contributed by atoms with Crippen LogP contribution >= 0.6 is 6.72 Å². The van der Waals surface area contributed by atoms with Crippen LogP contribution in [0.15, 0.2) is 11.1 Å². The van der Waals surface area contributed by atoms with Gasteiger partial charge in [-0.2, -0.15) is 4.98 Å². The number of nitrogen functional groups attached to an aromatic ring is 1. The Labute approximate surface area is 180 Å². The van der Waals surface area contributed by atoms with Gasteiger partial charge in [0.25, 0.3) is 5.56 Å². The van der Waals surface area contributed by atoms with E-state index in [2.05, 4.69) is 35.7 Å². The molecule has 0 bridgehead atoms. The summed E-state index contributed by atoms with van der Waals surface area (Å²) in [7, 11) is 0. The molecular formula is C18H30N5O5PS. The Bertz CT molecular complexity index is 1020. The van der Waals surface area contributed by atoms with Crippen molar-refractivity contribution in [1.82, 2.24) is 19.5 Å². The molecule has 30 heavy (non-hydrogen) atoms. The highest BCUT2D eigenvalue weighted by Crippen LogP contribution is 2.52. The van der Waals surface area contributed by atoms with Crippen LogP contribution in [0.1, 0.15) is 60.6 Å². The summed E-state index contributed by atoms with van der Waals surface area (Å²) in [5.74, 6) is -0.00396. The summed E-state index contributed by atoms with van der Waals surface area (Å²) >= 11 is 5.25. The fourth-order valence-electron chi connectivity index (χ4n) is 3.46. The van der Waals surface area contributed by atoms with E-state index >= 15 is 0 Å². The monoisotopic (exact) mass is 459 g/mol. The maximum Gasteiger partial charge on any atom is 0.325 e. The molecule has 10 nitrogen and oxygen atoms in total. The third-order valence-corrected chi connectivity index (χ3v) is 6.21. The van der Waals surface area contributed by atoms with Crippen molar-refractivity contribution in [2.75, 3.05) is 5.73 Å². The molecule has 0 amide bonds. The molecule has 4 atom stereocenters. The number of ether oxygens (including phenoxy) is 1. The molecule has 1 saturated heterocycles. The van der Waals surface area contributed by atoms with Crippen LogP contribution in [-0.2, 0) is 25.6 Å². The number of anilines is 1. The van der Waals surface area contributed by atoms with Crippen molar-refractivity contribution in [3.8, 4) is 0 Å². The lowest BCUT2D eigenvalue weighted by atomic mass is 9.87. The number of aromatic amines is 1. The highest BCUT2D eigenvalue weighted by molar-refractivity contribution is 8.07. The number of nitrogens with zero attached hydrogens (tertiary/aromatic N) is 3. The Balaban J connectivity index is 1.90. The fourth-order valence-corrected chi connectivity index (χ4v) is 5.76. The quantitative estimate of drug-likeness (QED) is 0.576. The van der Waals surface area contributed by atoms with E-state index in [0.29, 0.717) is 18.5 Å². The second-order valence-corrected chi connectivity index (χ2v) is 12.4. The maximum atomic E-state index is 12.1. The number of nitrogens with two attached hydrogens (primary N) is 1. The van der Waals surface area contributed by atoms with Gasteiger partial charge in [0, 0.05) is 6.42 Å². The molecule has 2 aromatic rings. The van der Waals surface area contributed by atoms with Gasteiger partial charge in [-0.1, -0.05) is 20.8 Å². The van der Waals surface area contributed by atoms with Gasteiger partial charge in [0.2, 0.25) is 5.95 Å². The van der Waals surface area contributed by atoms with Crippen molar-refractivity contribution < 1.29 is 18.7 Å². The van der Waals surface area contributed by atoms with Gasteiger partial charge in [-0.25, -0.2) is 4.98 Å². The van der Waals surface area contributed by atoms with Crippen LogP contribution in [-0.4, -0.2) is 42.2 Å². The molecule has 0 radical (unpaired) electrons. The number of hydrogen-bond donors (Lipinski definition) is 3. The van der Waals surface area contributed by atoms with Crippen molar-refractivity contribution in [2.24, 2.45) is 5.41 Å². The number of H-pyrrole nitrogens is 1. The first kappa shape index (κ1) is 23.3. The highest BCUT2D eigenvalue weighted by Gasteiger charge is 2.43. The molecule has 0 spiro atoms. The summed E-state index contributed by atoms with van der Waals surface area (Å²) in [6, 6.07) is 0. The summed E-state index contributed by atoms with van der Waals surface area (Å²) in [5.41, 5.74) is 5.08. The Morgan fingerprint density at radius 1 is 1.40 bits per heavy atom. The number of fused-ring (bicyclic) bond motifs is 1. The topological polar surface area (TPSA) is 138 Å². The van der Waals surface area contributed by atoms with Crippen LogP contribution in [0.4, 0.5) is 5.95 Å². The van der Waals surface area contributed by atoms with E-state index in [9.17, 15) is 9.69 Å². The number of hydrogen-bond acceptors (Lipinski definition) is 8. The Morgan fingerprint density at radius 2 is 2.07 bits per heavy atom. The molecule has 0 aromatic carbocycles. The second kappa shape index (κ2) is 7.96. The minimum atomic E-state index is -3.50. The second-order valence-electron chi connectivity index (χ2n) is 9.72. The van der Waals surface area contributed by atoms with Crippen molar-refractivity contribution in [3.05, 3.63) is 16.7 Å². The predicted molar refractivity (Wildman–Crippen MR) is 117 cm³/mol. The minimum absolute atomic E-state index is 0.00396. The molecule has 1 fully saturated rings. The van der Waals surface area contributed by atoms with Gasteiger partial charge in [-0.15, -0.1) is 0 Å². The summed E-state index contributed by atoms with van der Waals surface area (Å²) in [4.78, 5) is 33.5. The zero-order chi connectivity index (χ0) is 22.5. The molecular weight excluding hydrogens is 429 g/mol. The standard InChI is InChI=1S/C18H30N5O5PS/c1-17(2,3)8-11-10(27-29(25,30)28-18(4,5)6)7-12(26-11)23-9-20-13-14(23)21-16(19)22-15(13)24/h9-12H,7-8H2,1-6H3,(H,25,30)(H3,19,21,22,24)/t10?,11-,12-,29?/m1/s1. The maximum absolute atomic E-state index is 12.1. The Morgan fingerprint density at radius 3 is 2.67 bits per heavy atom. The first-order chi connectivity index (χ1) is 13.6. The number of nitrogens with one attached hydrogen (secondary N) is 1. The molecule has 0 aliphatic carbocycles. The smallest absolute Gasteiger partial charge is 0.325 e. The third kappa shape index (κ3) is 5.66. The van der Waals surface area contributed by atoms with Crippen LogP contribution in [0.5, 0.6) is 0 Å². The van der Waals surface area contributed by atoms with Crippen LogP contribution < -0.4 is 11.3 Å². The van der Waals surface area contributed by atoms with E-state index in [1.807, 2.05) is 0 Å². The van der Waals surface area contributed by atoms with Gasteiger partial charge in [-0.05, 0) is 44.4 Å². The average Bonchev–Trinajstić information content (AvgIpc) is 3.07. The van der Waals surface area contributed by atoms with E-state index in [1.54, 1.807) is 25.3 Å². The van der Waals surface area contributed by atoms with Crippen LogP contribution in [0, 0.1) is 5.41 Å². The highest BCUT2D eigenvalue weighted by atomic mass is 32.5. The van der Waals surface area contributed by atoms with Crippen LogP contribution in [0.25, 0.3) is 11.2 Å². The zero-order valence-electron chi connectivity index (χ0n) is 18.1. The lowest BCUT2D eigenvalue weighted by Crippen LogP contribution is -2.29. The average molecular weight is 460 g/mol. The van der Waals surface area contributed by atoms with Gasteiger partial charge in [0.05, 0.1) is 24.1 Å². The van der Waals surface area contributed by atoms with Gasteiger partial charge in [-0.3, -0.25) is 14.3 Å². The minimum Gasteiger partial charge on any atom is -0.369 e. The first-order valence-electron chi connectivity index (χ1n) is 9.73. The first-order valence-corrected chi connectivity index (χ1v) is 12.3. The summed E-state index contributed by atoms with van der Waals surface area (Å²) < 4.78 is 19.4. The summed E-state index contributed by atoms with van der Waals surface area (Å²) in [6.45, 7) is 8.20. The lowest BCUT2D eigenvalue weighted by Gasteiger charge is -2.31. The lowest BCUT2D eigenvalue weighted by molar-refractivity contribution is -0.0360. The Hall–Kier alpha value is -1.36. The van der Waals surface area contributed by atoms with Gasteiger partial charge in [0.15, 0.2) is 11.2 Å². The van der Waals surface area contributed by atoms with Gasteiger partial charge >= 0.3 is 6.72 Å². The van der Waals surface area contributed by atoms with E-state index in [0.717, 1.165) is 0 Å². The number of aromatic nitrogens is 4. The molecule has 4 N–H and O–H groups in total. The molecule has 1 aliphatic rings. The molecule has 1 aliphatic heterocycles. The van der Waals surface area contributed by atoms with Crippen LogP contribution in [0.2, 0.25) is 0 Å². The van der Waals surface area contributed by atoms with E-state index < -0.39 is 30.2 Å². The number of rotatable bonds is 5. The molecule has 3 heterocycles.